The predicted molar refractivity (Wildman–Crippen MR) is 109 cm³/mol. The maximum absolute atomic E-state index is 5.63. The van der Waals surface area contributed by atoms with Gasteiger partial charge in [-0.2, -0.15) is 0 Å². The molecule has 0 saturated carbocycles. The molecule has 0 fully saturated rings. The normalized spacial score (nSPS) is 11.3. The van der Waals surface area contributed by atoms with E-state index in [9.17, 15) is 0 Å². The molecule has 2 rings (SSSR count). The van der Waals surface area contributed by atoms with Crippen molar-refractivity contribution in [3.8, 4) is 11.5 Å². The quantitative estimate of drug-likeness (QED) is 0.542. The number of aryl methyl sites for hydroxylation is 2. The second-order valence-electron chi connectivity index (χ2n) is 5.68. The fraction of sp³-hybridized carbons (Fsp3) is 0.474. The van der Waals surface area contributed by atoms with Gasteiger partial charge in [-0.15, -0.1) is 11.3 Å². The molecule has 0 bridgehead atoms. The van der Waals surface area contributed by atoms with E-state index in [0.717, 1.165) is 41.1 Å². The van der Waals surface area contributed by atoms with Crippen molar-refractivity contribution in [2.45, 2.75) is 34.1 Å². The summed E-state index contributed by atoms with van der Waals surface area (Å²) in [6.07, 6.45) is 0.890. The summed E-state index contributed by atoms with van der Waals surface area (Å²) in [5.74, 6) is 2.18. The number of aliphatic imine (C=N–C) groups is 1. The van der Waals surface area contributed by atoms with Crippen molar-refractivity contribution in [3.05, 3.63) is 33.8 Å². The van der Waals surface area contributed by atoms with E-state index in [4.69, 9.17) is 9.47 Å². The van der Waals surface area contributed by atoms with E-state index in [-0.39, 0.29) is 0 Å². The van der Waals surface area contributed by atoms with E-state index in [0.29, 0.717) is 18.9 Å². The van der Waals surface area contributed by atoms with Crippen molar-refractivity contribution in [2.24, 2.45) is 4.99 Å². The van der Waals surface area contributed by atoms with Crippen LogP contribution in [0.15, 0.2) is 23.2 Å². The molecule has 1 heterocycles. The molecule has 0 amide bonds. The lowest BCUT2D eigenvalue weighted by molar-refractivity contribution is 0.311. The zero-order valence-corrected chi connectivity index (χ0v) is 17.0. The number of rotatable bonds is 8. The van der Waals surface area contributed by atoms with Crippen molar-refractivity contribution in [3.63, 3.8) is 0 Å². The first-order valence-corrected chi connectivity index (χ1v) is 9.68. The Kier molecular flexibility index (Phi) is 7.72. The van der Waals surface area contributed by atoms with Crippen LogP contribution >= 0.6 is 11.3 Å². The molecule has 142 valence electrons. The summed E-state index contributed by atoms with van der Waals surface area (Å²) in [5.41, 5.74) is 2.01. The second kappa shape index (κ2) is 10.0. The highest BCUT2D eigenvalue weighted by Gasteiger charge is 2.08. The molecular formula is C19H28N4O2S. The van der Waals surface area contributed by atoms with E-state index in [2.05, 4.69) is 27.5 Å². The Morgan fingerprint density at radius 1 is 1.23 bits per heavy atom. The molecule has 0 aliphatic carbocycles. The number of guanidine groups is 1. The Morgan fingerprint density at radius 3 is 2.65 bits per heavy atom. The summed E-state index contributed by atoms with van der Waals surface area (Å²) in [5, 5.41) is 7.70. The number of ether oxygens (including phenoxy) is 2. The van der Waals surface area contributed by atoms with E-state index >= 15 is 0 Å². The fourth-order valence-corrected chi connectivity index (χ4v) is 3.47. The molecule has 0 unspecified atom stereocenters. The Morgan fingerprint density at radius 2 is 2.04 bits per heavy atom. The number of benzene rings is 1. The molecule has 26 heavy (non-hydrogen) atoms. The average Bonchev–Trinajstić information content (AvgIpc) is 2.93. The minimum absolute atomic E-state index is 0.585. The Labute approximate surface area is 159 Å². The second-order valence-corrected chi connectivity index (χ2v) is 6.96. The summed E-state index contributed by atoms with van der Waals surface area (Å²) in [7, 11) is 1.64. The van der Waals surface area contributed by atoms with Gasteiger partial charge in [-0.05, 0) is 39.8 Å². The van der Waals surface area contributed by atoms with Crippen LogP contribution in [0.4, 0.5) is 5.69 Å². The average molecular weight is 377 g/mol. The number of methoxy groups -OCH3 is 1. The molecule has 0 aliphatic heterocycles. The minimum atomic E-state index is 0.585. The molecule has 0 atom stereocenters. The zero-order valence-electron chi connectivity index (χ0n) is 16.2. The third-order valence-electron chi connectivity index (χ3n) is 3.68. The first-order chi connectivity index (χ1) is 12.6. The van der Waals surface area contributed by atoms with Gasteiger partial charge in [0, 0.05) is 36.1 Å². The fourth-order valence-electron chi connectivity index (χ4n) is 2.54. The van der Waals surface area contributed by atoms with Gasteiger partial charge in [0.25, 0.3) is 0 Å². The predicted octanol–water partition coefficient (Wildman–Crippen LogP) is 3.79. The Bertz CT molecular complexity index is 743. The lowest BCUT2D eigenvalue weighted by Gasteiger charge is -2.14. The van der Waals surface area contributed by atoms with Gasteiger partial charge in [-0.3, -0.25) is 4.99 Å². The van der Waals surface area contributed by atoms with Gasteiger partial charge in [0.15, 0.2) is 17.5 Å². The highest BCUT2D eigenvalue weighted by Crippen LogP contribution is 2.30. The number of hydrogen-bond donors (Lipinski definition) is 2. The van der Waals surface area contributed by atoms with E-state index in [1.54, 1.807) is 18.4 Å². The third kappa shape index (κ3) is 5.62. The van der Waals surface area contributed by atoms with Crippen LogP contribution in [0, 0.1) is 13.8 Å². The number of thiazole rings is 1. The lowest BCUT2D eigenvalue weighted by Crippen LogP contribution is -2.30. The van der Waals surface area contributed by atoms with Gasteiger partial charge in [-0.25, -0.2) is 4.98 Å². The number of aromatic nitrogens is 1. The number of hydrogen-bond acceptors (Lipinski definition) is 5. The van der Waals surface area contributed by atoms with Gasteiger partial charge >= 0.3 is 0 Å². The van der Waals surface area contributed by atoms with Crippen molar-refractivity contribution in [1.29, 1.82) is 0 Å². The van der Waals surface area contributed by atoms with E-state index in [1.165, 1.54) is 4.88 Å². The first-order valence-electron chi connectivity index (χ1n) is 8.86. The molecule has 0 saturated heterocycles. The minimum Gasteiger partial charge on any atom is -0.493 e. The zero-order chi connectivity index (χ0) is 18.9. The van der Waals surface area contributed by atoms with Crippen LogP contribution in [0.2, 0.25) is 0 Å². The lowest BCUT2D eigenvalue weighted by atomic mass is 10.2. The third-order valence-corrected chi connectivity index (χ3v) is 4.81. The molecule has 6 nitrogen and oxygen atoms in total. The van der Waals surface area contributed by atoms with Crippen molar-refractivity contribution < 1.29 is 9.47 Å². The van der Waals surface area contributed by atoms with Gasteiger partial charge in [-0.1, -0.05) is 0 Å². The molecule has 7 heteroatoms. The topological polar surface area (TPSA) is 67.8 Å². The van der Waals surface area contributed by atoms with Crippen LogP contribution in [0.25, 0.3) is 0 Å². The summed E-state index contributed by atoms with van der Waals surface area (Å²) < 4.78 is 11.0. The maximum Gasteiger partial charge on any atom is 0.195 e. The highest BCUT2D eigenvalue weighted by molar-refractivity contribution is 7.11. The molecule has 1 aromatic heterocycles. The van der Waals surface area contributed by atoms with Crippen LogP contribution in [0.1, 0.15) is 29.4 Å². The molecular weight excluding hydrogens is 348 g/mol. The SMILES string of the molecule is CCNC(=NCCc1sc(C)nc1C)Nc1ccc(OC)c(OCC)c1. The highest BCUT2D eigenvalue weighted by atomic mass is 32.1. The first kappa shape index (κ1) is 20.0. The van der Waals surface area contributed by atoms with Crippen LogP contribution in [0.3, 0.4) is 0 Å². The molecule has 0 radical (unpaired) electrons. The van der Waals surface area contributed by atoms with Crippen molar-refractivity contribution in [2.75, 3.05) is 32.1 Å². The van der Waals surface area contributed by atoms with Crippen LogP contribution in [0.5, 0.6) is 11.5 Å². The van der Waals surface area contributed by atoms with E-state index in [1.807, 2.05) is 39.0 Å². The molecule has 2 N–H and O–H groups in total. The summed E-state index contributed by atoms with van der Waals surface area (Å²) in [4.78, 5) is 10.4. The van der Waals surface area contributed by atoms with Crippen LogP contribution in [-0.2, 0) is 6.42 Å². The van der Waals surface area contributed by atoms with Crippen LogP contribution < -0.4 is 20.1 Å². The number of nitrogens with one attached hydrogen (secondary N) is 2. The van der Waals surface area contributed by atoms with Gasteiger partial charge < -0.3 is 20.1 Å². The maximum atomic E-state index is 5.63. The summed E-state index contributed by atoms with van der Waals surface area (Å²) in [6.45, 7) is 10.2. The van der Waals surface area contributed by atoms with Gasteiger partial charge in [0.2, 0.25) is 0 Å². The standard InChI is InChI=1S/C19H28N4O2S/c1-6-20-19(21-11-10-18-13(3)22-14(4)26-18)23-15-8-9-16(24-5)17(12-15)25-7-2/h8-9,12H,6-7,10-11H2,1-5H3,(H2,20,21,23). The molecule has 2 aromatic rings. The number of anilines is 1. The monoisotopic (exact) mass is 376 g/mol. The number of nitrogens with zero attached hydrogens (tertiary/aromatic N) is 2. The molecule has 0 aliphatic rings. The molecule has 1 aromatic carbocycles. The Balaban J connectivity index is 2.06. The van der Waals surface area contributed by atoms with Crippen molar-refractivity contribution in [1.82, 2.24) is 10.3 Å². The van der Waals surface area contributed by atoms with Gasteiger partial charge in [0.1, 0.15) is 0 Å². The summed E-state index contributed by atoms with van der Waals surface area (Å²) >= 11 is 1.74. The van der Waals surface area contributed by atoms with Crippen molar-refractivity contribution >= 4 is 23.0 Å². The van der Waals surface area contributed by atoms with E-state index < -0.39 is 0 Å². The van der Waals surface area contributed by atoms with Crippen LogP contribution in [-0.4, -0.2) is 37.7 Å². The summed E-state index contributed by atoms with van der Waals surface area (Å²) in [6, 6.07) is 5.76. The molecule has 0 spiro atoms. The smallest absolute Gasteiger partial charge is 0.195 e. The largest absolute Gasteiger partial charge is 0.493 e. The Hall–Kier alpha value is -2.28. The van der Waals surface area contributed by atoms with Gasteiger partial charge in [0.05, 0.1) is 24.4 Å².